The first-order valence-electron chi connectivity index (χ1n) is 16.8. The molecule has 6 heteroatoms. The van der Waals surface area contributed by atoms with Crippen LogP contribution in [0.5, 0.6) is 0 Å². The predicted octanol–water partition coefficient (Wildman–Crippen LogP) is 12.7. The molecule has 0 aliphatic carbocycles. The second-order valence-electron chi connectivity index (χ2n) is 12.8. The van der Waals surface area contributed by atoms with Gasteiger partial charge in [-0.3, -0.25) is 0 Å². The van der Waals surface area contributed by atoms with Crippen molar-refractivity contribution in [3.05, 3.63) is 152 Å². The number of furan rings is 2. The maximum atomic E-state index is 6.51. The molecule has 11 aromatic rings. The Morgan fingerprint density at radius 2 is 0.941 bits per heavy atom. The van der Waals surface area contributed by atoms with Crippen molar-refractivity contribution in [1.82, 2.24) is 15.0 Å². The van der Waals surface area contributed by atoms with E-state index in [1.165, 1.54) is 15.5 Å². The molecule has 238 valence electrons. The number of hydrogen-bond acceptors (Lipinski definition) is 6. The molecular weight excluding hydrogens is 647 g/mol. The highest BCUT2D eigenvalue weighted by molar-refractivity contribution is 7.26. The number of para-hydroxylation sites is 1. The highest BCUT2D eigenvalue weighted by atomic mass is 32.1. The summed E-state index contributed by atoms with van der Waals surface area (Å²) in [5, 5.41) is 6.71. The maximum Gasteiger partial charge on any atom is 0.165 e. The van der Waals surface area contributed by atoms with Crippen LogP contribution >= 0.6 is 11.3 Å². The molecule has 0 N–H and O–H groups in total. The van der Waals surface area contributed by atoms with Gasteiger partial charge in [-0.2, -0.15) is 0 Å². The Bertz CT molecular complexity index is 3080. The van der Waals surface area contributed by atoms with Crippen LogP contribution < -0.4 is 0 Å². The van der Waals surface area contributed by atoms with E-state index in [4.69, 9.17) is 23.8 Å². The summed E-state index contributed by atoms with van der Waals surface area (Å²) in [4.78, 5) is 15.2. The van der Waals surface area contributed by atoms with Gasteiger partial charge >= 0.3 is 0 Å². The van der Waals surface area contributed by atoms with Crippen molar-refractivity contribution >= 4 is 75.4 Å². The van der Waals surface area contributed by atoms with E-state index >= 15 is 0 Å². The van der Waals surface area contributed by atoms with Crippen LogP contribution in [-0.4, -0.2) is 15.0 Å². The number of benzene rings is 7. The number of aromatic nitrogens is 3. The van der Waals surface area contributed by atoms with E-state index in [1.54, 1.807) is 11.3 Å². The third-order valence-corrected chi connectivity index (χ3v) is 10.9. The van der Waals surface area contributed by atoms with Gasteiger partial charge in [0, 0.05) is 64.5 Å². The van der Waals surface area contributed by atoms with Crippen molar-refractivity contribution in [1.29, 1.82) is 0 Å². The van der Waals surface area contributed by atoms with Crippen molar-refractivity contribution < 1.29 is 8.83 Å². The van der Waals surface area contributed by atoms with Gasteiger partial charge in [-0.25, -0.2) is 15.0 Å². The first kappa shape index (κ1) is 28.2. The molecule has 0 spiro atoms. The van der Waals surface area contributed by atoms with Gasteiger partial charge in [0.25, 0.3) is 0 Å². The summed E-state index contributed by atoms with van der Waals surface area (Å²) >= 11 is 1.77. The van der Waals surface area contributed by atoms with E-state index in [2.05, 4.69) is 66.7 Å². The lowest BCUT2D eigenvalue weighted by Crippen LogP contribution is -2.00. The molecule has 0 bridgehead atoms. The summed E-state index contributed by atoms with van der Waals surface area (Å²) in [7, 11) is 0. The van der Waals surface area contributed by atoms with Crippen molar-refractivity contribution in [2.24, 2.45) is 0 Å². The molecule has 0 radical (unpaired) electrons. The Morgan fingerprint density at radius 3 is 1.69 bits per heavy atom. The van der Waals surface area contributed by atoms with Crippen LogP contribution in [0, 0.1) is 0 Å². The van der Waals surface area contributed by atoms with E-state index < -0.39 is 0 Å². The molecule has 0 saturated carbocycles. The summed E-state index contributed by atoms with van der Waals surface area (Å²) in [5.41, 5.74) is 8.30. The normalized spacial score (nSPS) is 11.9. The van der Waals surface area contributed by atoms with Crippen molar-refractivity contribution in [3.8, 4) is 45.3 Å². The van der Waals surface area contributed by atoms with Crippen LogP contribution in [0.1, 0.15) is 0 Å². The van der Waals surface area contributed by atoms with Gasteiger partial charge in [-0.15, -0.1) is 11.3 Å². The lowest BCUT2D eigenvalue weighted by molar-refractivity contribution is 0.656. The largest absolute Gasteiger partial charge is 0.456 e. The summed E-state index contributed by atoms with van der Waals surface area (Å²) in [6, 6.07) is 52.2. The first-order valence-corrected chi connectivity index (χ1v) is 17.7. The summed E-state index contributed by atoms with van der Waals surface area (Å²) < 4.78 is 15.0. The molecule has 51 heavy (non-hydrogen) atoms. The minimum absolute atomic E-state index is 0.640. The Balaban J connectivity index is 1.14. The van der Waals surface area contributed by atoms with Crippen LogP contribution in [0.4, 0.5) is 0 Å². The number of fused-ring (bicyclic) bond motifs is 9. The van der Waals surface area contributed by atoms with Crippen LogP contribution in [0.3, 0.4) is 0 Å². The molecule has 4 aromatic heterocycles. The van der Waals surface area contributed by atoms with Crippen LogP contribution in [-0.2, 0) is 0 Å². The lowest BCUT2D eigenvalue weighted by atomic mass is 9.98. The molecule has 0 aliphatic heterocycles. The summed E-state index contributed by atoms with van der Waals surface area (Å²) in [5.74, 6) is 1.92. The zero-order valence-corrected chi connectivity index (χ0v) is 27.8. The van der Waals surface area contributed by atoms with Gasteiger partial charge in [0.2, 0.25) is 0 Å². The molecule has 11 rings (SSSR count). The maximum absolute atomic E-state index is 6.51. The van der Waals surface area contributed by atoms with Crippen molar-refractivity contribution in [3.63, 3.8) is 0 Å². The van der Waals surface area contributed by atoms with Crippen molar-refractivity contribution in [2.45, 2.75) is 0 Å². The topological polar surface area (TPSA) is 65.0 Å². The van der Waals surface area contributed by atoms with Gasteiger partial charge in [0.05, 0.1) is 0 Å². The van der Waals surface area contributed by atoms with Gasteiger partial charge in [0.1, 0.15) is 22.3 Å². The Hall–Kier alpha value is -6.63. The summed E-state index contributed by atoms with van der Waals surface area (Å²) in [6.07, 6.45) is 0. The third kappa shape index (κ3) is 4.50. The van der Waals surface area contributed by atoms with Crippen LogP contribution in [0.2, 0.25) is 0 Å². The smallest absolute Gasteiger partial charge is 0.165 e. The molecule has 4 heterocycles. The quantitative estimate of drug-likeness (QED) is 0.186. The number of rotatable bonds is 4. The van der Waals surface area contributed by atoms with Gasteiger partial charge in [-0.05, 0) is 53.6 Å². The molecule has 0 fully saturated rings. The van der Waals surface area contributed by atoms with E-state index in [0.29, 0.717) is 17.5 Å². The Kier molecular flexibility index (Phi) is 6.05. The molecule has 0 aliphatic rings. The van der Waals surface area contributed by atoms with Crippen LogP contribution in [0.15, 0.2) is 160 Å². The van der Waals surface area contributed by atoms with Gasteiger partial charge < -0.3 is 8.83 Å². The fourth-order valence-electron chi connectivity index (χ4n) is 7.26. The average Bonchev–Trinajstić information content (AvgIpc) is 3.87. The van der Waals surface area contributed by atoms with Crippen LogP contribution in [0.25, 0.3) is 109 Å². The minimum atomic E-state index is 0.640. The molecule has 5 nitrogen and oxygen atoms in total. The fraction of sp³-hybridized carbons (Fsp3) is 0. The van der Waals surface area contributed by atoms with Gasteiger partial charge in [-0.1, -0.05) is 103 Å². The number of nitrogens with zero attached hydrogens (tertiary/aromatic N) is 3. The monoisotopic (exact) mass is 671 g/mol. The molecule has 0 saturated heterocycles. The zero-order chi connectivity index (χ0) is 33.5. The standard InChI is InChI=1S/C45H25N3O2S/c1-3-11-26(12-4-1)43-46-44(27-13-5-2-6-14-27)48-45(47-43)36-22-29(21-35-32-16-8-10-18-41(32)51-42(35)36)28-19-20-31-34-24-33-30-15-7-9-17-37(30)49-39(33)25-40(34)50-38(31)23-28/h1-25H. The average molecular weight is 672 g/mol. The highest BCUT2D eigenvalue weighted by Gasteiger charge is 2.20. The molecule has 0 atom stereocenters. The van der Waals surface area contributed by atoms with Crippen molar-refractivity contribution in [2.75, 3.05) is 0 Å². The SMILES string of the molecule is c1ccc(-c2nc(-c3ccccc3)nc(-c3cc(-c4ccc5c(c4)oc4cc6oc7ccccc7c6cc45)cc4c3sc3ccccc34)n2)cc1. The zero-order valence-electron chi connectivity index (χ0n) is 27.0. The Labute approximate surface area is 295 Å². The predicted molar refractivity (Wildman–Crippen MR) is 209 cm³/mol. The van der Waals surface area contributed by atoms with E-state index in [0.717, 1.165) is 76.4 Å². The second kappa shape index (κ2) is 10.9. The van der Waals surface area contributed by atoms with E-state index in [-0.39, 0.29) is 0 Å². The first-order chi connectivity index (χ1) is 25.2. The highest BCUT2D eigenvalue weighted by Crippen LogP contribution is 2.44. The Morgan fingerprint density at radius 1 is 0.353 bits per heavy atom. The summed E-state index contributed by atoms with van der Waals surface area (Å²) in [6.45, 7) is 0. The van der Waals surface area contributed by atoms with E-state index in [1.807, 2.05) is 84.9 Å². The molecule has 7 aromatic carbocycles. The molecular formula is C45H25N3O2S. The minimum Gasteiger partial charge on any atom is -0.456 e. The lowest BCUT2D eigenvalue weighted by Gasteiger charge is -2.11. The van der Waals surface area contributed by atoms with Gasteiger partial charge in [0.15, 0.2) is 17.5 Å². The second-order valence-corrected chi connectivity index (χ2v) is 13.8. The molecule has 0 unspecified atom stereocenters. The molecule has 0 amide bonds. The third-order valence-electron chi connectivity index (χ3n) is 9.72. The van der Waals surface area contributed by atoms with E-state index in [9.17, 15) is 0 Å². The number of hydrogen-bond donors (Lipinski definition) is 0. The fourth-order valence-corrected chi connectivity index (χ4v) is 8.46. The number of thiophene rings is 1.